The third-order valence-corrected chi connectivity index (χ3v) is 11.7. The molecule has 6 heterocycles. The second-order valence-electron chi connectivity index (χ2n) is 18.3. The topological polar surface area (TPSA) is 201 Å². The fraction of sp³-hybridized carbons (Fsp3) is 0.321. The minimum Gasteiger partial charge on any atom is -0.444 e. The number of halogens is 3. The number of fused-ring (bicyclic) bond motifs is 4. The number of aryl methyl sites for hydroxylation is 2. The average molecular weight is 1000 g/mol. The van der Waals surface area contributed by atoms with E-state index >= 15 is 0 Å². The lowest BCUT2D eigenvalue weighted by Crippen LogP contribution is -2.50. The highest BCUT2D eigenvalue weighted by atomic mass is 19.4. The minimum absolute atomic E-state index is 0.0570. The highest BCUT2D eigenvalue weighted by Gasteiger charge is 2.28. The van der Waals surface area contributed by atoms with Crippen LogP contribution in [0.5, 0.6) is 23.3 Å². The second kappa shape index (κ2) is 22.3. The van der Waals surface area contributed by atoms with Crippen LogP contribution < -0.4 is 24.6 Å². The molecule has 2 aliphatic rings. The van der Waals surface area contributed by atoms with Crippen molar-refractivity contribution in [2.24, 2.45) is 0 Å². The first-order valence-corrected chi connectivity index (χ1v) is 23.6. The summed E-state index contributed by atoms with van der Waals surface area (Å²) in [6, 6.07) is 27.4. The number of alkyl halides is 3. The zero-order valence-electron chi connectivity index (χ0n) is 41.0. The van der Waals surface area contributed by atoms with E-state index in [0.29, 0.717) is 60.5 Å². The van der Waals surface area contributed by atoms with E-state index in [1.54, 1.807) is 11.2 Å². The SMILES string of the molecule is Cc1cc2c(N3CCN(C(=O)OC(C)(C)C)CC3)ncnc2c(Oc2cc(CO)cc3ccccc23)n1.Cc1cc2c(N3CCNCC3)ncnc2c(Oc2cc(CO)cc3ccccc23)n1.O=CC(F)(F)F. The maximum atomic E-state index is 12.5. The summed E-state index contributed by atoms with van der Waals surface area (Å²) in [5.74, 6) is 3.77. The smallest absolute Gasteiger partial charge is 0.444 e. The van der Waals surface area contributed by atoms with Gasteiger partial charge in [0.15, 0.2) is 0 Å². The molecule has 0 spiro atoms. The van der Waals surface area contributed by atoms with Gasteiger partial charge in [0.2, 0.25) is 18.0 Å². The Labute approximate surface area is 418 Å². The van der Waals surface area contributed by atoms with Crippen molar-refractivity contribution in [3.63, 3.8) is 0 Å². The van der Waals surface area contributed by atoms with Crippen molar-refractivity contribution in [2.45, 2.75) is 59.6 Å². The third kappa shape index (κ3) is 12.6. The molecule has 380 valence electrons. The molecule has 0 bridgehead atoms. The van der Waals surface area contributed by atoms with Gasteiger partial charge in [-0.2, -0.15) is 13.2 Å². The van der Waals surface area contributed by atoms with E-state index in [1.807, 2.05) is 120 Å². The summed E-state index contributed by atoms with van der Waals surface area (Å²) in [5, 5.41) is 28.4. The molecule has 73 heavy (non-hydrogen) atoms. The summed E-state index contributed by atoms with van der Waals surface area (Å²) in [7, 11) is 0. The molecular formula is C53H55F3N10O7. The molecule has 2 saturated heterocycles. The standard InChI is InChI=1S/C28H31N5O4.C23H23N5O2.C2HF3O/c1-18-13-22-24(26(31-18)36-23-15-19(16-34)14-20-7-5-6-8-21(20)23)29-17-30-25(22)32-9-11-33(12-10-32)27(35)37-28(2,3)4;1-15-10-19-21(25-14-26-22(19)28-8-6-24-7-9-28)23(27-15)30-20-12-16(13-29)11-17-4-2-3-5-18(17)20;3-2(4,5)1-6/h5-8,13-15,17,34H,9-12,16H2,1-4H3;2-5,10-12,14,24,29H,6-9,13H2,1H3;1H. The molecule has 2 aliphatic heterocycles. The molecule has 0 unspecified atom stereocenters. The predicted octanol–water partition coefficient (Wildman–Crippen LogP) is 8.76. The van der Waals surface area contributed by atoms with Gasteiger partial charge in [0, 0.05) is 74.5 Å². The molecule has 0 radical (unpaired) electrons. The lowest BCUT2D eigenvalue weighted by atomic mass is 10.1. The van der Waals surface area contributed by atoms with Gasteiger partial charge in [0.05, 0.1) is 24.0 Å². The first-order chi connectivity index (χ1) is 35.0. The molecule has 0 aliphatic carbocycles. The van der Waals surface area contributed by atoms with E-state index in [-0.39, 0.29) is 19.3 Å². The number of carbonyl (C=O) groups is 2. The monoisotopic (exact) mass is 1000 g/mol. The highest BCUT2D eigenvalue weighted by Crippen LogP contribution is 2.38. The van der Waals surface area contributed by atoms with Gasteiger partial charge in [0.1, 0.15) is 52.4 Å². The molecule has 4 aromatic heterocycles. The number of benzene rings is 4. The Hall–Kier alpha value is -7.81. The molecular weight excluding hydrogens is 946 g/mol. The summed E-state index contributed by atoms with van der Waals surface area (Å²) in [5.41, 5.74) is 3.91. The first kappa shape index (κ1) is 51.5. The van der Waals surface area contributed by atoms with Crippen LogP contribution in [-0.4, -0.2) is 122 Å². The number of carbonyl (C=O) groups excluding carboxylic acids is 2. The Kier molecular flexibility index (Phi) is 15.8. The van der Waals surface area contributed by atoms with Crippen LogP contribution in [0.1, 0.15) is 43.3 Å². The van der Waals surface area contributed by atoms with Gasteiger partial charge in [-0.3, -0.25) is 4.79 Å². The van der Waals surface area contributed by atoms with Crippen LogP contribution in [0.3, 0.4) is 0 Å². The summed E-state index contributed by atoms with van der Waals surface area (Å²) in [6.45, 7) is 15.3. The predicted molar refractivity (Wildman–Crippen MR) is 271 cm³/mol. The van der Waals surface area contributed by atoms with Gasteiger partial charge < -0.3 is 44.4 Å². The molecule has 10 rings (SSSR count). The lowest BCUT2D eigenvalue weighted by molar-refractivity contribution is -0.156. The van der Waals surface area contributed by atoms with Gasteiger partial charge in [-0.1, -0.05) is 48.5 Å². The molecule has 3 N–H and O–H groups in total. The number of aliphatic hydroxyl groups excluding tert-OH is 2. The first-order valence-electron chi connectivity index (χ1n) is 23.6. The molecule has 0 atom stereocenters. The van der Waals surface area contributed by atoms with Crippen molar-refractivity contribution in [3.05, 3.63) is 120 Å². The zero-order valence-corrected chi connectivity index (χ0v) is 41.0. The van der Waals surface area contributed by atoms with E-state index in [4.69, 9.17) is 19.0 Å². The Morgan fingerprint density at radius 3 is 1.51 bits per heavy atom. The Bertz CT molecular complexity index is 3270. The lowest BCUT2D eigenvalue weighted by Gasteiger charge is -2.36. The average Bonchev–Trinajstić information content (AvgIpc) is 3.38. The summed E-state index contributed by atoms with van der Waals surface area (Å²) in [6.07, 6.45) is -2.91. The van der Waals surface area contributed by atoms with E-state index in [2.05, 4.69) is 45.0 Å². The van der Waals surface area contributed by atoms with Crippen LogP contribution in [0.4, 0.5) is 29.6 Å². The van der Waals surface area contributed by atoms with Crippen LogP contribution in [0.2, 0.25) is 0 Å². The molecule has 4 aromatic carbocycles. The van der Waals surface area contributed by atoms with Crippen molar-refractivity contribution in [2.75, 3.05) is 62.2 Å². The fourth-order valence-electron chi connectivity index (χ4n) is 8.47. The zero-order chi connectivity index (χ0) is 51.9. The fourth-order valence-corrected chi connectivity index (χ4v) is 8.47. The van der Waals surface area contributed by atoms with Gasteiger partial charge >= 0.3 is 12.3 Å². The van der Waals surface area contributed by atoms with E-state index in [1.165, 1.54) is 6.33 Å². The number of aliphatic hydroxyl groups is 2. The number of amides is 1. The second-order valence-corrected chi connectivity index (χ2v) is 18.3. The van der Waals surface area contributed by atoms with Crippen LogP contribution in [0.25, 0.3) is 43.4 Å². The van der Waals surface area contributed by atoms with Crippen molar-refractivity contribution in [3.8, 4) is 23.3 Å². The van der Waals surface area contributed by atoms with Crippen LogP contribution in [0.15, 0.2) is 97.6 Å². The number of anilines is 2. The Morgan fingerprint density at radius 2 is 1.08 bits per heavy atom. The highest BCUT2D eigenvalue weighted by molar-refractivity contribution is 5.95. The van der Waals surface area contributed by atoms with E-state index in [9.17, 15) is 28.2 Å². The quantitative estimate of drug-likeness (QED) is 0.122. The van der Waals surface area contributed by atoms with Crippen molar-refractivity contribution >= 4 is 67.4 Å². The summed E-state index contributed by atoms with van der Waals surface area (Å²) >= 11 is 0. The van der Waals surface area contributed by atoms with Crippen LogP contribution in [0, 0.1) is 13.8 Å². The summed E-state index contributed by atoms with van der Waals surface area (Å²) in [4.78, 5) is 54.8. The largest absolute Gasteiger partial charge is 0.446 e. The van der Waals surface area contributed by atoms with Crippen molar-refractivity contribution in [1.29, 1.82) is 0 Å². The Morgan fingerprint density at radius 1 is 0.644 bits per heavy atom. The number of nitrogens with one attached hydrogen (secondary N) is 1. The maximum absolute atomic E-state index is 12.5. The maximum Gasteiger partial charge on any atom is 0.446 e. The molecule has 0 saturated carbocycles. The van der Waals surface area contributed by atoms with E-state index in [0.717, 1.165) is 92.6 Å². The minimum atomic E-state index is -4.64. The van der Waals surface area contributed by atoms with Crippen molar-refractivity contribution < 1.29 is 47.2 Å². The van der Waals surface area contributed by atoms with Gasteiger partial charge in [-0.15, -0.1) is 0 Å². The molecule has 20 heteroatoms. The number of ether oxygens (including phenoxy) is 3. The van der Waals surface area contributed by atoms with Crippen molar-refractivity contribution in [1.82, 2.24) is 40.1 Å². The number of piperazine rings is 2. The normalized spacial score (nSPS) is 14.1. The third-order valence-electron chi connectivity index (χ3n) is 11.7. The number of nitrogens with zero attached hydrogens (tertiary/aromatic N) is 9. The van der Waals surface area contributed by atoms with Crippen LogP contribution >= 0.6 is 0 Å². The molecule has 8 aromatic rings. The van der Waals surface area contributed by atoms with E-state index < -0.39 is 18.1 Å². The number of aldehydes is 1. The van der Waals surface area contributed by atoms with Gasteiger partial charge in [-0.25, -0.2) is 34.7 Å². The molecule has 17 nitrogen and oxygen atoms in total. The number of aromatic nitrogens is 6. The number of pyridine rings is 2. The van der Waals surface area contributed by atoms with Crippen LogP contribution in [-0.2, 0) is 22.7 Å². The van der Waals surface area contributed by atoms with Gasteiger partial charge in [0.25, 0.3) is 0 Å². The van der Waals surface area contributed by atoms with Gasteiger partial charge in [-0.05, 0) is 92.9 Å². The number of hydrogen-bond acceptors (Lipinski definition) is 16. The molecule has 2 fully saturated rings. The Balaban J connectivity index is 0.000000178. The molecule has 1 amide bonds. The summed E-state index contributed by atoms with van der Waals surface area (Å²) < 4.78 is 49.5. The number of hydrogen-bond donors (Lipinski definition) is 3. The number of rotatable bonds is 8.